The molecule has 0 fully saturated rings. The molecule has 0 spiro atoms. The maximum atomic E-state index is 9.60. The van der Waals surface area contributed by atoms with Crippen LogP contribution in [0.5, 0.6) is 5.75 Å². The molecule has 0 aliphatic carbocycles. The highest BCUT2D eigenvalue weighted by Crippen LogP contribution is 2.23. The summed E-state index contributed by atoms with van der Waals surface area (Å²) in [5.74, 6) is 0.847. The number of phenolic OH excluding ortho intramolecular Hbond substituents is 1. The van der Waals surface area contributed by atoms with Crippen LogP contribution in [0.25, 0.3) is 0 Å². The van der Waals surface area contributed by atoms with Crippen LogP contribution in [0, 0.1) is 5.92 Å². The van der Waals surface area contributed by atoms with E-state index in [1.807, 2.05) is 0 Å². The fourth-order valence-electron chi connectivity index (χ4n) is 1.69. The third-order valence-electron chi connectivity index (χ3n) is 2.30. The van der Waals surface area contributed by atoms with Gasteiger partial charge in [0.2, 0.25) is 0 Å². The third-order valence-corrected chi connectivity index (χ3v) is 2.53. The van der Waals surface area contributed by atoms with Gasteiger partial charge >= 0.3 is 0 Å². The molecule has 1 aromatic rings. The lowest BCUT2D eigenvalue weighted by Crippen LogP contribution is -2.24. The monoisotopic (exact) mass is 227 g/mol. The molecule has 84 valence electrons. The van der Waals surface area contributed by atoms with E-state index in [2.05, 4.69) is 13.8 Å². The van der Waals surface area contributed by atoms with E-state index >= 15 is 0 Å². The molecule has 0 heterocycles. The maximum absolute atomic E-state index is 9.60. The molecule has 0 bridgehead atoms. The second-order valence-electron chi connectivity index (χ2n) is 4.37. The Hall–Kier alpha value is -0.730. The standard InChI is InChI=1S/C12H18ClNO/c1-8(2)5-11(14)7-9-6-10(13)3-4-12(9)15/h3-4,6,8,11,15H,5,7,14H2,1-2H3. The van der Waals surface area contributed by atoms with Crippen molar-refractivity contribution in [1.82, 2.24) is 0 Å². The summed E-state index contributed by atoms with van der Waals surface area (Å²) in [6.07, 6.45) is 1.62. The smallest absolute Gasteiger partial charge is 0.118 e. The molecule has 0 aromatic heterocycles. The topological polar surface area (TPSA) is 46.2 Å². The van der Waals surface area contributed by atoms with E-state index < -0.39 is 0 Å². The van der Waals surface area contributed by atoms with E-state index in [0.717, 1.165) is 12.0 Å². The molecule has 0 saturated carbocycles. The van der Waals surface area contributed by atoms with Crippen molar-refractivity contribution in [3.05, 3.63) is 28.8 Å². The van der Waals surface area contributed by atoms with Crippen molar-refractivity contribution < 1.29 is 5.11 Å². The number of benzene rings is 1. The van der Waals surface area contributed by atoms with E-state index in [1.54, 1.807) is 18.2 Å². The summed E-state index contributed by atoms with van der Waals surface area (Å²) >= 11 is 5.85. The lowest BCUT2D eigenvalue weighted by atomic mass is 9.98. The number of nitrogens with two attached hydrogens (primary N) is 1. The minimum Gasteiger partial charge on any atom is -0.508 e. The Kier molecular flexibility index (Phi) is 4.43. The normalized spacial score (nSPS) is 13.1. The molecule has 0 aliphatic rings. The summed E-state index contributed by atoms with van der Waals surface area (Å²) in [4.78, 5) is 0. The van der Waals surface area contributed by atoms with Gasteiger partial charge in [-0.15, -0.1) is 0 Å². The number of halogens is 1. The van der Waals surface area contributed by atoms with E-state index in [1.165, 1.54) is 0 Å². The van der Waals surface area contributed by atoms with E-state index in [9.17, 15) is 5.11 Å². The number of phenols is 1. The molecule has 0 amide bonds. The van der Waals surface area contributed by atoms with Crippen LogP contribution in [-0.4, -0.2) is 11.1 Å². The van der Waals surface area contributed by atoms with Crippen LogP contribution >= 0.6 is 11.6 Å². The summed E-state index contributed by atoms with van der Waals surface area (Å²) in [5, 5.41) is 10.2. The first-order valence-corrected chi connectivity index (χ1v) is 5.59. The average molecular weight is 228 g/mol. The van der Waals surface area contributed by atoms with Crippen molar-refractivity contribution in [2.45, 2.75) is 32.7 Å². The molecule has 0 radical (unpaired) electrons. The SMILES string of the molecule is CC(C)CC(N)Cc1cc(Cl)ccc1O. The number of aromatic hydroxyl groups is 1. The van der Waals surface area contributed by atoms with Crippen LogP contribution in [0.3, 0.4) is 0 Å². The Balaban J connectivity index is 2.67. The van der Waals surface area contributed by atoms with Gasteiger partial charge in [-0.25, -0.2) is 0 Å². The van der Waals surface area contributed by atoms with Gasteiger partial charge in [0, 0.05) is 11.1 Å². The summed E-state index contributed by atoms with van der Waals surface area (Å²) in [7, 11) is 0. The highest BCUT2D eigenvalue weighted by atomic mass is 35.5. The van der Waals surface area contributed by atoms with Crippen molar-refractivity contribution in [3.63, 3.8) is 0 Å². The van der Waals surface area contributed by atoms with Gasteiger partial charge in [0.15, 0.2) is 0 Å². The molecule has 1 atom stereocenters. The molecular weight excluding hydrogens is 210 g/mol. The molecule has 3 heteroatoms. The summed E-state index contributed by atoms with van der Waals surface area (Å²) < 4.78 is 0. The van der Waals surface area contributed by atoms with Crippen LogP contribution in [0.2, 0.25) is 5.02 Å². The minimum absolute atomic E-state index is 0.0781. The summed E-state index contributed by atoms with van der Waals surface area (Å²) in [6, 6.07) is 5.14. The predicted octanol–water partition coefficient (Wildman–Crippen LogP) is 2.96. The molecule has 15 heavy (non-hydrogen) atoms. The van der Waals surface area contributed by atoms with E-state index in [-0.39, 0.29) is 11.8 Å². The first-order valence-electron chi connectivity index (χ1n) is 5.22. The molecule has 3 N–H and O–H groups in total. The Morgan fingerprint density at radius 2 is 2.07 bits per heavy atom. The molecule has 1 rings (SSSR count). The molecule has 1 aromatic carbocycles. The Morgan fingerprint density at radius 3 is 2.67 bits per heavy atom. The van der Waals surface area contributed by atoms with E-state index in [0.29, 0.717) is 17.4 Å². The minimum atomic E-state index is 0.0781. The van der Waals surface area contributed by atoms with Gasteiger partial charge in [-0.1, -0.05) is 25.4 Å². The predicted molar refractivity (Wildman–Crippen MR) is 64.3 cm³/mol. The van der Waals surface area contributed by atoms with Gasteiger partial charge < -0.3 is 10.8 Å². The van der Waals surface area contributed by atoms with Crippen LogP contribution in [0.4, 0.5) is 0 Å². The fourth-order valence-corrected chi connectivity index (χ4v) is 1.88. The maximum Gasteiger partial charge on any atom is 0.118 e. The number of rotatable bonds is 4. The first-order chi connectivity index (χ1) is 6.99. The summed E-state index contributed by atoms with van der Waals surface area (Å²) in [5.41, 5.74) is 6.80. The van der Waals surface area contributed by atoms with Crippen LogP contribution < -0.4 is 5.73 Å². The zero-order valence-electron chi connectivity index (χ0n) is 9.20. The lowest BCUT2D eigenvalue weighted by molar-refractivity contribution is 0.452. The van der Waals surface area contributed by atoms with Crippen molar-refractivity contribution in [2.75, 3.05) is 0 Å². The quantitative estimate of drug-likeness (QED) is 0.831. The van der Waals surface area contributed by atoms with E-state index in [4.69, 9.17) is 17.3 Å². The molecule has 1 unspecified atom stereocenters. The molecular formula is C12H18ClNO. The second-order valence-corrected chi connectivity index (χ2v) is 4.80. The van der Waals surface area contributed by atoms with Crippen LogP contribution in [-0.2, 0) is 6.42 Å². The van der Waals surface area contributed by atoms with Gasteiger partial charge in [-0.2, -0.15) is 0 Å². The Labute approximate surface area is 96.1 Å². The average Bonchev–Trinajstić information content (AvgIpc) is 2.10. The zero-order valence-corrected chi connectivity index (χ0v) is 9.96. The number of hydrogen-bond donors (Lipinski definition) is 2. The molecule has 0 aliphatic heterocycles. The van der Waals surface area contributed by atoms with Gasteiger partial charge in [0.05, 0.1) is 0 Å². The number of hydrogen-bond acceptors (Lipinski definition) is 2. The van der Waals surface area contributed by atoms with Gasteiger partial charge in [-0.05, 0) is 42.5 Å². The first kappa shape index (κ1) is 12.3. The zero-order chi connectivity index (χ0) is 11.4. The lowest BCUT2D eigenvalue weighted by Gasteiger charge is -2.14. The van der Waals surface area contributed by atoms with Crippen LogP contribution in [0.1, 0.15) is 25.8 Å². The highest BCUT2D eigenvalue weighted by molar-refractivity contribution is 6.30. The largest absolute Gasteiger partial charge is 0.508 e. The van der Waals surface area contributed by atoms with Gasteiger partial charge in [0.1, 0.15) is 5.75 Å². The fraction of sp³-hybridized carbons (Fsp3) is 0.500. The summed E-state index contributed by atoms with van der Waals surface area (Å²) in [6.45, 7) is 4.27. The van der Waals surface area contributed by atoms with Gasteiger partial charge in [0.25, 0.3) is 0 Å². The van der Waals surface area contributed by atoms with Crippen molar-refractivity contribution in [1.29, 1.82) is 0 Å². The second kappa shape index (κ2) is 5.38. The van der Waals surface area contributed by atoms with Gasteiger partial charge in [-0.3, -0.25) is 0 Å². The van der Waals surface area contributed by atoms with Crippen molar-refractivity contribution in [2.24, 2.45) is 11.7 Å². The molecule has 0 saturated heterocycles. The third kappa shape index (κ3) is 4.10. The van der Waals surface area contributed by atoms with Crippen molar-refractivity contribution in [3.8, 4) is 5.75 Å². The van der Waals surface area contributed by atoms with Crippen molar-refractivity contribution >= 4 is 11.6 Å². The highest BCUT2D eigenvalue weighted by Gasteiger charge is 2.09. The Bertz CT molecular complexity index is 325. The molecule has 2 nitrogen and oxygen atoms in total. The Morgan fingerprint density at radius 1 is 1.40 bits per heavy atom. The van der Waals surface area contributed by atoms with Crippen LogP contribution in [0.15, 0.2) is 18.2 Å².